The predicted octanol–water partition coefficient (Wildman–Crippen LogP) is 3.27. The summed E-state index contributed by atoms with van der Waals surface area (Å²) in [6.07, 6.45) is -0.150. The number of aromatic hydroxyl groups is 1. The van der Waals surface area contributed by atoms with Gasteiger partial charge >= 0.3 is 6.09 Å². The summed E-state index contributed by atoms with van der Waals surface area (Å²) >= 11 is 0. The molecule has 0 radical (unpaired) electrons. The molecule has 0 spiro atoms. The van der Waals surface area contributed by atoms with Gasteiger partial charge in [0, 0.05) is 35.2 Å². The zero-order valence-electron chi connectivity index (χ0n) is 28.7. The van der Waals surface area contributed by atoms with Crippen LogP contribution in [0.2, 0.25) is 0 Å². The number of allylic oxidation sites excluding steroid dienone is 3. The van der Waals surface area contributed by atoms with Gasteiger partial charge in [0.2, 0.25) is 11.7 Å². The third kappa shape index (κ3) is 4.56. The van der Waals surface area contributed by atoms with Gasteiger partial charge in [-0.2, -0.15) is 5.26 Å². The molecule has 4 aliphatic heterocycles. The van der Waals surface area contributed by atoms with Gasteiger partial charge in [0.05, 0.1) is 43.6 Å². The molecule has 1 aromatic carbocycles. The van der Waals surface area contributed by atoms with E-state index in [4.69, 9.17) is 14.2 Å². The minimum Gasteiger partial charge on any atom is -0.504 e. The van der Waals surface area contributed by atoms with E-state index >= 15 is 0 Å². The number of nitrogens with one attached hydrogen (secondary N) is 2. The maximum absolute atomic E-state index is 14.1. The Hall–Kier alpha value is -4.99. The molecule has 13 nitrogen and oxygen atoms in total. The van der Waals surface area contributed by atoms with Gasteiger partial charge < -0.3 is 39.8 Å². The molecule has 0 saturated carbocycles. The highest BCUT2D eigenvalue weighted by molar-refractivity contribution is 6.25. The molecule has 6 rings (SSSR count). The van der Waals surface area contributed by atoms with Gasteiger partial charge in [0.1, 0.15) is 23.4 Å². The van der Waals surface area contributed by atoms with E-state index in [1.807, 2.05) is 17.9 Å². The lowest BCUT2D eigenvalue weighted by Crippen LogP contribution is -2.65. The number of nitrogens with zero attached hydrogens (tertiary/aromatic N) is 3. The number of nitriles is 1. The van der Waals surface area contributed by atoms with Crippen LogP contribution in [0.4, 0.5) is 4.79 Å². The van der Waals surface area contributed by atoms with Crippen LogP contribution in [0.3, 0.4) is 0 Å². The molecule has 48 heavy (non-hydrogen) atoms. The second-order valence-corrected chi connectivity index (χ2v) is 14.2. The topological polar surface area (TPSA) is 171 Å². The first kappa shape index (κ1) is 32.9. The third-order valence-electron chi connectivity index (χ3n) is 10.1. The van der Waals surface area contributed by atoms with E-state index in [1.165, 1.54) is 21.1 Å². The maximum atomic E-state index is 14.1. The van der Waals surface area contributed by atoms with Gasteiger partial charge in [-0.05, 0) is 72.1 Å². The van der Waals surface area contributed by atoms with E-state index in [9.17, 15) is 29.5 Å². The Balaban J connectivity index is 1.45. The van der Waals surface area contributed by atoms with Gasteiger partial charge in [-0.1, -0.05) is 0 Å². The summed E-state index contributed by atoms with van der Waals surface area (Å²) in [5.74, 6) is -1.12. The van der Waals surface area contributed by atoms with Crippen LogP contribution in [-0.4, -0.2) is 83.0 Å². The summed E-state index contributed by atoms with van der Waals surface area (Å²) in [7, 11) is 2.82. The van der Waals surface area contributed by atoms with Crippen LogP contribution >= 0.6 is 0 Å². The van der Waals surface area contributed by atoms with Gasteiger partial charge in [-0.25, -0.2) is 4.79 Å². The van der Waals surface area contributed by atoms with Crippen LogP contribution in [-0.2, 0) is 29.4 Å². The number of methoxy groups -OCH3 is 2. The Bertz CT molecular complexity index is 1830. The molecular formula is C35H41N5O8. The zero-order chi connectivity index (χ0) is 35.2. The van der Waals surface area contributed by atoms with Gasteiger partial charge in [0.25, 0.3) is 0 Å². The number of ketones is 2. The molecule has 1 aromatic rings. The van der Waals surface area contributed by atoms with Crippen molar-refractivity contribution in [2.75, 3.05) is 20.8 Å². The SMILES string of the molecule is COC1=C(C)C(=O)C2=C(C1=O)[C@H](CNC(=O)[C@H](C)NC(=O)OC(C)(C)C)N1C(C#N)=C3CC4(C)c5cc(C)c(OC)c(O)c5[C@H](C1C2)N34. The van der Waals surface area contributed by atoms with Crippen molar-refractivity contribution in [2.24, 2.45) is 0 Å². The van der Waals surface area contributed by atoms with E-state index in [0.717, 1.165) is 16.8 Å². The molecule has 1 aliphatic carbocycles. The summed E-state index contributed by atoms with van der Waals surface area (Å²) < 4.78 is 16.3. The smallest absolute Gasteiger partial charge is 0.408 e. The Morgan fingerprint density at radius 1 is 1.19 bits per heavy atom. The summed E-state index contributed by atoms with van der Waals surface area (Å²) in [5, 5.41) is 27.7. The summed E-state index contributed by atoms with van der Waals surface area (Å²) in [6, 6.07) is 1.37. The number of Topliss-reactive ketones (excluding diaryl/α,β-unsaturated/α-hetero) is 2. The average Bonchev–Trinajstić information content (AvgIpc) is 3.21. The lowest BCUT2D eigenvalue weighted by molar-refractivity contribution is -0.124. The lowest BCUT2D eigenvalue weighted by atomic mass is 9.73. The van der Waals surface area contributed by atoms with Crippen molar-refractivity contribution in [1.29, 1.82) is 5.26 Å². The van der Waals surface area contributed by atoms with Gasteiger partial charge in [0.15, 0.2) is 23.0 Å². The first-order chi connectivity index (χ1) is 22.5. The number of amides is 2. The molecule has 0 aromatic heterocycles. The van der Waals surface area contributed by atoms with Crippen LogP contribution in [0.25, 0.3) is 0 Å². The largest absolute Gasteiger partial charge is 0.504 e. The molecule has 4 heterocycles. The molecule has 2 amide bonds. The molecule has 2 unspecified atom stereocenters. The van der Waals surface area contributed by atoms with Crippen LogP contribution < -0.4 is 15.4 Å². The summed E-state index contributed by atoms with van der Waals surface area (Å²) in [5.41, 5.74) is 2.77. The molecular weight excluding hydrogens is 618 g/mol. The standard InChI is InChI=1S/C35H41N5O8/c1-15-10-19-25(29(43)30(15)46-8)26-20-11-18-24(28(42)31(47-9)16(2)27(18)41)23(39(20)22(13-36)21-12-35(19,7)40(21)26)14-37-32(44)17(3)38-33(45)48-34(4,5)6/h10,17,20,23,26,43H,11-12,14H2,1-9H3,(H,37,44)(H,38,45)/t17-,20?,23-,26-,35?/m0/s1. The van der Waals surface area contributed by atoms with E-state index in [0.29, 0.717) is 23.4 Å². The minimum absolute atomic E-state index is 0.00305. The second-order valence-electron chi connectivity index (χ2n) is 14.2. The van der Waals surface area contributed by atoms with E-state index in [2.05, 4.69) is 28.5 Å². The van der Waals surface area contributed by atoms with E-state index < -0.39 is 53.1 Å². The molecule has 5 aliphatic rings. The van der Waals surface area contributed by atoms with Crippen LogP contribution in [0.1, 0.15) is 77.1 Å². The highest BCUT2D eigenvalue weighted by Gasteiger charge is 2.65. The number of carbonyl (C=O) groups is 4. The molecule has 5 atom stereocenters. The van der Waals surface area contributed by atoms with Crippen LogP contribution in [0.5, 0.6) is 11.5 Å². The Kier molecular flexibility index (Phi) is 7.57. The number of ether oxygens (including phenoxy) is 3. The quantitative estimate of drug-likeness (QED) is 0.383. The first-order valence-corrected chi connectivity index (χ1v) is 16.0. The number of alkyl carbamates (subject to hydrolysis) is 1. The van der Waals surface area contributed by atoms with Crippen molar-refractivity contribution in [3.63, 3.8) is 0 Å². The van der Waals surface area contributed by atoms with E-state index in [-0.39, 0.29) is 47.0 Å². The number of aryl methyl sites for hydroxylation is 1. The zero-order valence-corrected chi connectivity index (χ0v) is 28.7. The summed E-state index contributed by atoms with van der Waals surface area (Å²) in [4.78, 5) is 57.7. The minimum atomic E-state index is -1.000. The third-order valence-corrected chi connectivity index (χ3v) is 10.1. The van der Waals surface area contributed by atoms with Crippen molar-refractivity contribution >= 4 is 23.6 Å². The second kappa shape index (κ2) is 11.0. The van der Waals surface area contributed by atoms with Crippen LogP contribution in [0.15, 0.2) is 39.9 Å². The normalized spacial score (nSPS) is 26.1. The van der Waals surface area contributed by atoms with Crippen molar-refractivity contribution in [3.8, 4) is 17.6 Å². The molecule has 1 fully saturated rings. The molecule has 3 N–H and O–H groups in total. The fourth-order valence-corrected chi connectivity index (χ4v) is 8.21. The molecule has 1 saturated heterocycles. The number of benzene rings is 1. The highest BCUT2D eigenvalue weighted by atomic mass is 16.6. The number of hydrogen-bond acceptors (Lipinski definition) is 11. The number of phenolic OH excluding ortho intramolecular Hbond substituents is 1. The summed E-state index contributed by atoms with van der Waals surface area (Å²) in [6.45, 7) is 12.0. The van der Waals surface area contributed by atoms with Crippen molar-refractivity contribution < 1.29 is 38.5 Å². The Morgan fingerprint density at radius 3 is 2.48 bits per heavy atom. The number of hydrogen-bond donors (Lipinski definition) is 3. The van der Waals surface area contributed by atoms with Gasteiger partial charge in [-0.15, -0.1) is 0 Å². The number of phenols is 1. The Morgan fingerprint density at radius 2 is 1.88 bits per heavy atom. The van der Waals surface area contributed by atoms with Crippen molar-refractivity contribution in [3.05, 3.63) is 56.6 Å². The molecule has 13 heteroatoms. The first-order valence-electron chi connectivity index (χ1n) is 16.0. The fourth-order valence-electron chi connectivity index (χ4n) is 8.21. The molecule has 254 valence electrons. The fraction of sp³-hybridized carbons (Fsp3) is 0.514. The predicted molar refractivity (Wildman–Crippen MR) is 171 cm³/mol. The number of carbonyl (C=O) groups excluding carboxylic acids is 4. The monoisotopic (exact) mass is 659 g/mol. The number of rotatable bonds is 6. The van der Waals surface area contributed by atoms with Gasteiger partial charge in [-0.3, -0.25) is 14.4 Å². The van der Waals surface area contributed by atoms with Crippen molar-refractivity contribution in [1.82, 2.24) is 20.4 Å². The molecule has 0 bridgehead atoms. The average molecular weight is 660 g/mol. The Labute approximate surface area is 279 Å². The van der Waals surface area contributed by atoms with Crippen LogP contribution in [0, 0.1) is 18.3 Å². The lowest BCUT2D eigenvalue weighted by Gasteiger charge is -2.61. The highest BCUT2D eigenvalue weighted by Crippen LogP contribution is 2.67. The maximum Gasteiger partial charge on any atom is 0.408 e. The number of fused-ring (bicyclic) bond motifs is 5. The van der Waals surface area contributed by atoms with E-state index in [1.54, 1.807) is 27.7 Å². The van der Waals surface area contributed by atoms with Crippen molar-refractivity contribution in [2.45, 2.75) is 96.6 Å².